The maximum atomic E-state index is 6.06. The molecule has 0 aliphatic carbocycles. The highest BCUT2D eigenvalue weighted by molar-refractivity contribution is 14.0. The Bertz CT molecular complexity index is 749. The Labute approximate surface area is 186 Å². The molecule has 156 valence electrons. The number of aromatic nitrogens is 2. The van der Waals surface area contributed by atoms with E-state index in [-0.39, 0.29) is 29.6 Å². The van der Waals surface area contributed by atoms with E-state index in [4.69, 9.17) is 4.74 Å². The summed E-state index contributed by atoms with van der Waals surface area (Å²) in [7, 11) is 1.77. The average Bonchev–Trinajstić information content (AvgIpc) is 3.01. The molecule has 0 saturated carbocycles. The van der Waals surface area contributed by atoms with Crippen LogP contribution < -0.4 is 15.4 Å². The summed E-state index contributed by atoms with van der Waals surface area (Å²) in [5, 5.41) is 6.69. The fourth-order valence-electron chi connectivity index (χ4n) is 2.71. The van der Waals surface area contributed by atoms with Gasteiger partial charge in [-0.25, -0.2) is 4.98 Å². The SMILES string of the molecule is CN=C(NCc1ccccc1OC(C)(C)C)NCc1nccn1CC(C)C.I. The minimum absolute atomic E-state index is 0. The third-order valence-corrected chi connectivity index (χ3v) is 3.84. The van der Waals surface area contributed by atoms with Gasteiger partial charge in [-0.2, -0.15) is 0 Å². The van der Waals surface area contributed by atoms with Crippen molar-refractivity contribution in [2.75, 3.05) is 7.05 Å². The Morgan fingerprint density at radius 1 is 1.18 bits per heavy atom. The lowest BCUT2D eigenvalue weighted by Crippen LogP contribution is -2.37. The van der Waals surface area contributed by atoms with Gasteiger partial charge < -0.3 is 19.9 Å². The average molecular weight is 499 g/mol. The number of guanidine groups is 1. The van der Waals surface area contributed by atoms with Gasteiger partial charge in [0.1, 0.15) is 17.2 Å². The highest BCUT2D eigenvalue weighted by Gasteiger charge is 2.14. The van der Waals surface area contributed by atoms with Gasteiger partial charge in [-0.3, -0.25) is 4.99 Å². The standard InChI is InChI=1S/C21H33N5O.HI/c1-16(2)15-26-12-11-23-19(26)14-25-20(22-6)24-13-17-9-7-8-10-18(17)27-21(3,4)5;/h7-12,16H,13-15H2,1-6H3,(H2,22,24,25);1H. The van der Waals surface area contributed by atoms with Gasteiger partial charge >= 0.3 is 0 Å². The number of hydrogen-bond acceptors (Lipinski definition) is 3. The van der Waals surface area contributed by atoms with Crippen LogP contribution in [0.25, 0.3) is 0 Å². The first-order valence-corrected chi connectivity index (χ1v) is 9.50. The Balaban J connectivity index is 0.00000392. The van der Waals surface area contributed by atoms with Crippen LogP contribution in [-0.2, 0) is 19.6 Å². The maximum absolute atomic E-state index is 6.06. The van der Waals surface area contributed by atoms with Gasteiger partial charge in [0.2, 0.25) is 0 Å². The zero-order valence-corrected chi connectivity index (χ0v) is 20.2. The van der Waals surface area contributed by atoms with Crippen LogP contribution in [0.4, 0.5) is 0 Å². The number of rotatable bonds is 7. The van der Waals surface area contributed by atoms with Crippen LogP contribution in [0.1, 0.15) is 46.0 Å². The Hall–Kier alpha value is -1.77. The number of imidazole rings is 1. The summed E-state index contributed by atoms with van der Waals surface area (Å²) < 4.78 is 8.23. The number of benzene rings is 1. The molecule has 0 aliphatic rings. The van der Waals surface area contributed by atoms with E-state index < -0.39 is 0 Å². The lowest BCUT2D eigenvalue weighted by Gasteiger charge is -2.23. The van der Waals surface area contributed by atoms with Crippen LogP contribution in [0.2, 0.25) is 0 Å². The normalized spacial score (nSPS) is 11.9. The van der Waals surface area contributed by atoms with Crippen LogP contribution >= 0.6 is 24.0 Å². The van der Waals surface area contributed by atoms with E-state index in [1.54, 1.807) is 7.05 Å². The molecule has 6 nitrogen and oxygen atoms in total. The zero-order valence-electron chi connectivity index (χ0n) is 17.8. The number of aliphatic imine (C=N–C) groups is 1. The van der Waals surface area contributed by atoms with Gasteiger partial charge in [-0.1, -0.05) is 32.0 Å². The van der Waals surface area contributed by atoms with E-state index in [2.05, 4.69) is 65.9 Å². The molecule has 0 saturated heterocycles. The first kappa shape index (κ1) is 24.3. The fraction of sp³-hybridized carbons (Fsp3) is 0.524. The van der Waals surface area contributed by atoms with Gasteiger partial charge in [0.25, 0.3) is 0 Å². The quantitative estimate of drug-likeness (QED) is 0.341. The van der Waals surface area contributed by atoms with Gasteiger partial charge in [0.05, 0.1) is 6.54 Å². The second-order valence-electron chi connectivity index (χ2n) is 7.99. The van der Waals surface area contributed by atoms with E-state index in [0.29, 0.717) is 19.0 Å². The molecule has 0 bridgehead atoms. The molecule has 0 spiro atoms. The minimum atomic E-state index is -0.233. The van der Waals surface area contributed by atoms with Crippen LogP contribution in [0, 0.1) is 5.92 Å². The third kappa shape index (κ3) is 8.08. The molecule has 2 N–H and O–H groups in total. The molecule has 0 fully saturated rings. The van der Waals surface area contributed by atoms with Crippen LogP contribution in [0.5, 0.6) is 5.75 Å². The van der Waals surface area contributed by atoms with Crippen molar-refractivity contribution in [2.45, 2.75) is 59.9 Å². The summed E-state index contributed by atoms with van der Waals surface area (Å²) in [6.07, 6.45) is 3.86. The van der Waals surface area contributed by atoms with Crippen molar-refractivity contribution >= 4 is 29.9 Å². The second kappa shape index (κ2) is 11.3. The largest absolute Gasteiger partial charge is 0.488 e. The first-order chi connectivity index (χ1) is 12.8. The Kier molecular flexibility index (Phi) is 9.78. The summed E-state index contributed by atoms with van der Waals surface area (Å²) in [5.41, 5.74) is 0.862. The van der Waals surface area contributed by atoms with Gasteiger partial charge in [0, 0.05) is 38.1 Å². The first-order valence-electron chi connectivity index (χ1n) is 9.50. The summed E-state index contributed by atoms with van der Waals surface area (Å²) in [4.78, 5) is 8.76. The molecule has 2 aromatic rings. The predicted octanol–water partition coefficient (Wildman–Crippen LogP) is 4.20. The van der Waals surface area contributed by atoms with E-state index in [9.17, 15) is 0 Å². The lowest BCUT2D eigenvalue weighted by molar-refractivity contribution is 0.129. The molecule has 7 heteroatoms. The highest BCUT2D eigenvalue weighted by Crippen LogP contribution is 2.22. The number of hydrogen-bond donors (Lipinski definition) is 2. The van der Waals surface area contributed by atoms with Gasteiger partial charge in [0.15, 0.2) is 5.96 Å². The molecule has 0 unspecified atom stereocenters. The predicted molar refractivity (Wildman–Crippen MR) is 126 cm³/mol. The second-order valence-corrected chi connectivity index (χ2v) is 7.99. The topological polar surface area (TPSA) is 63.5 Å². The molecular weight excluding hydrogens is 465 g/mol. The number of para-hydroxylation sites is 1. The molecule has 2 rings (SSSR count). The molecule has 28 heavy (non-hydrogen) atoms. The summed E-state index contributed by atoms with van der Waals surface area (Å²) in [5.74, 6) is 3.21. The summed E-state index contributed by atoms with van der Waals surface area (Å²) in [6.45, 7) is 12.8. The van der Waals surface area contributed by atoms with E-state index >= 15 is 0 Å². The van der Waals surface area contributed by atoms with Gasteiger partial charge in [-0.05, 0) is 32.8 Å². The molecule has 1 aromatic heterocycles. The number of halogens is 1. The fourth-order valence-corrected chi connectivity index (χ4v) is 2.71. The number of nitrogens with zero attached hydrogens (tertiary/aromatic N) is 3. The Morgan fingerprint density at radius 2 is 1.86 bits per heavy atom. The molecular formula is C21H34IN5O. The lowest BCUT2D eigenvalue weighted by atomic mass is 10.1. The third-order valence-electron chi connectivity index (χ3n) is 3.84. The van der Waals surface area contributed by atoms with Crippen molar-refractivity contribution in [1.82, 2.24) is 20.2 Å². The van der Waals surface area contributed by atoms with Crippen molar-refractivity contribution in [2.24, 2.45) is 10.9 Å². The van der Waals surface area contributed by atoms with Crippen LogP contribution in [0.15, 0.2) is 41.7 Å². The van der Waals surface area contributed by atoms with Gasteiger partial charge in [-0.15, -0.1) is 24.0 Å². The van der Waals surface area contributed by atoms with Crippen molar-refractivity contribution in [3.05, 3.63) is 48.0 Å². The van der Waals surface area contributed by atoms with E-state index in [0.717, 1.165) is 29.6 Å². The zero-order chi connectivity index (χ0) is 19.9. The molecule has 0 amide bonds. The van der Waals surface area contributed by atoms with Crippen LogP contribution in [-0.4, -0.2) is 28.2 Å². The summed E-state index contributed by atoms with van der Waals surface area (Å²) in [6, 6.07) is 8.08. The highest BCUT2D eigenvalue weighted by atomic mass is 127. The smallest absolute Gasteiger partial charge is 0.191 e. The van der Waals surface area contributed by atoms with Crippen molar-refractivity contribution in [3.63, 3.8) is 0 Å². The van der Waals surface area contributed by atoms with Crippen molar-refractivity contribution in [3.8, 4) is 5.75 Å². The van der Waals surface area contributed by atoms with E-state index in [1.807, 2.05) is 30.6 Å². The molecule has 0 radical (unpaired) electrons. The maximum Gasteiger partial charge on any atom is 0.191 e. The summed E-state index contributed by atoms with van der Waals surface area (Å²) >= 11 is 0. The molecule has 1 heterocycles. The van der Waals surface area contributed by atoms with E-state index in [1.165, 1.54) is 0 Å². The number of ether oxygens (including phenoxy) is 1. The van der Waals surface area contributed by atoms with Crippen LogP contribution in [0.3, 0.4) is 0 Å². The number of nitrogens with one attached hydrogen (secondary N) is 2. The van der Waals surface area contributed by atoms with Crippen molar-refractivity contribution in [1.29, 1.82) is 0 Å². The molecule has 0 atom stereocenters. The van der Waals surface area contributed by atoms with Crippen molar-refractivity contribution < 1.29 is 4.74 Å². The molecule has 0 aliphatic heterocycles. The monoisotopic (exact) mass is 499 g/mol. The minimum Gasteiger partial charge on any atom is -0.488 e. The molecule has 1 aromatic carbocycles. The Morgan fingerprint density at radius 3 is 2.50 bits per heavy atom.